The van der Waals surface area contributed by atoms with Crippen molar-refractivity contribution >= 4 is 35.6 Å². The molecule has 0 spiro atoms. The van der Waals surface area contributed by atoms with Crippen molar-refractivity contribution in [3.8, 4) is 5.69 Å². The number of para-hydroxylation sites is 1. The number of benzene rings is 2. The lowest BCUT2D eigenvalue weighted by Gasteiger charge is -2.27. The van der Waals surface area contributed by atoms with E-state index in [1.807, 2.05) is 24.5 Å². The summed E-state index contributed by atoms with van der Waals surface area (Å²) in [7, 11) is 0. The van der Waals surface area contributed by atoms with Gasteiger partial charge in [0.15, 0.2) is 0 Å². The molecule has 8 heteroatoms. The van der Waals surface area contributed by atoms with Crippen LogP contribution in [0.25, 0.3) is 11.8 Å². The van der Waals surface area contributed by atoms with Crippen molar-refractivity contribution in [1.82, 2.24) is 9.88 Å². The average Bonchev–Trinajstić information content (AvgIpc) is 3.10. The molecule has 178 valence electrons. The average molecular weight is 472 g/mol. The van der Waals surface area contributed by atoms with Crippen LogP contribution in [0.1, 0.15) is 39.8 Å². The second-order valence-corrected chi connectivity index (χ2v) is 8.17. The third kappa shape index (κ3) is 4.38. The van der Waals surface area contributed by atoms with E-state index in [9.17, 15) is 19.2 Å². The predicted octanol–water partition coefficient (Wildman–Crippen LogP) is 4.25. The second kappa shape index (κ2) is 9.42. The molecule has 1 fully saturated rings. The molecule has 0 radical (unpaired) electrons. The van der Waals surface area contributed by atoms with Crippen molar-refractivity contribution in [2.75, 3.05) is 11.5 Å². The summed E-state index contributed by atoms with van der Waals surface area (Å²) < 4.78 is 6.99. The van der Waals surface area contributed by atoms with Crippen molar-refractivity contribution in [3.05, 3.63) is 88.2 Å². The van der Waals surface area contributed by atoms with Gasteiger partial charge in [-0.05, 0) is 81.3 Å². The number of imide groups is 2. The number of hydrogen-bond donors (Lipinski definition) is 1. The third-order valence-electron chi connectivity index (χ3n) is 5.86. The zero-order valence-corrected chi connectivity index (χ0v) is 19.9. The van der Waals surface area contributed by atoms with Crippen molar-refractivity contribution in [3.63, 3.8) is 0 Å². The number of barbiturate groups is 1. The van der Waals surface area contributed by atoms with E-state index in [1.54, 1.807) is 62.4 Å². The summed E-state index contributed by atoms with van der Waals surface area (Å²) in [5, 5.41) is 2.26. The first kappa shape index (κ1) is 23.7. The van der Waals surface area contributed by atoms with Gasteiger partial charge in [0.25, 0.3) is 11.8 Å². The highest BCUT2D eigenvalue weighted by Gasteiger charge is 2.37. The van der Waals surface area contributed by atoms with Crippen LogP contribution < -0.4 is 10.2 Å². The molecule has 1 aliphatic heterocycles. The molecule has 35 heavy (non-hydrogen) atoms. The minimum absolute atomic E-state index is 0.134. The van der Waals surface area contributed by atoms with Crippen molar-refractivity contribution < 1.29 is 23.9 Å². The van der Waals surface area contributed by atoms with E-state index < -0.39 is 17.8 Å². The number of carbonyl (C=O) groups is 4. The van der Waals surface area contributed by atoms with Crippen molar-refractivity contribution in [1.29, 1.82) is 0 Å². The molecular weight excluding hydrogens is 446 g/mol. The number of carbonyl (C=O) groups excluding carboxylic acids is 4. The summed E-state index contributed by atoms with van der Waals surface area (Å²) >= 11 is 0. The first-order valence-corrected chi connectivity index (χ1v) is 11.2. The highest BCUT2D eigenvalue weighted by Crippen LogP contribution is 2.27. The van der Waals surface area contributed by atoms with Crippen molar-refractivity contribution in [2.45, 2.75) is 27.7 Å². The number of urea groups is 1. The Morgan fingerprint density at radius 1 is 1.00 bits per heavy atom. The van der Waals surface area contributed by atoms with Crippen LogP contribution in [0.15, 0.2) is 60.2 Å². The van der Waals surface area contributed by atoms with E-state index in [2.05, 4.69) is 5.32 Å². The maximum Gasteiger partial charge on any atom is 0.338 e. The summed E-state index contributed by atoms with van der Waals surface area (Å²) in [4.78, 5) is 51.3. The summed E-state index contributed by atoms with van der Waals surface area (Å²) in [5.41, 5.74) is 4.60. The van der Waals surface area contributed by atoms with Gasteiger partial charge in [0.2, 0.25) is 0 Å². The van der Waals surface area contributed by atoms with E-state index >= 15 is 0 Å². The second-order valence-electron chi connectivity index (χ2n) is 8.17. The topological polar surface area (TPSA) is 97.7 Å². The number of anilines is 1. The van der Waals surface area contributed by atoms with Gasteiger partial charge in [-0.1, -0.05) is 18.2 Å². The fraction of sp³-hybridized carbons (Fsp3) is 0.185. The van der Waals surface area contributed by atoms with Crippen molar-refractivity contribution in [2.24, 2.45) is 0 Å². The molecule has 0 bridgehead atoms. The number of rotatable bonds is 5. The zero-order chi connectivity index (χ0) is 25.3. The molecule has 1 N–H and O–H groups in total. The van der Waals surface area contributed by atoms with Gasteiger partial charge in [0.1, 0.15) is 5.57 Å². The Kier molecular flexibility index (Phi) is 6.38. The van der Waals surface area contributed by atoms with Gasteiger partial charge in [-0.2, -0.15) is 0 Å². The lowest BCUT2D eigenvalue weighted by Crippen LogP contribution is -2.54. The molecule has 8 nitrogen and oxygen atoms in total. The van der Waals surface area contributed by atoms with Gasteiger partial charge in [0.05, 0.1) is 17.9 Å². The maximum atomic E-state index is 13.3. The normalized spacial score (nSPS) is 14.9. The Morgan fingerprint density at radius 2 is 1.69 bits per heavy atom. The lowest BCUT2D eigenvalue weighted by atomic mass is 10.1. The molecular formula is C27H25N3O5. The van der Waals surface area contributed by atoms with Crippen LogP contribution in [0.2, 0.25) is 0 Å². The first-order valence-electron chi connectivity index (χ1n) is 11.2. The molecule has 1 saturated heterocycles. The fourth-order valence-corrected chi connectivity index (χ4v) is 4.14. The van der Waals surface area contributed by atoms with Crippen LogP contribution in [0, 0.1) is 20.8 Å². The number of nitrogens with zero attached hydrogens (tertiary/aromatic N) is 2. The fourth-order valence-electron chi connectivity index (χ4n) is 4.14. The number of ether oxygens (including phenoxy) is 1. The number of aromatic nitrogens is 1. The quantitative estimate of drug-likeness (QED) is 0.341. The van der Waals surface area contributed by atoms with Crippen LogP contribution in [-0.2, 0) is 14.3 Å². The molecule has 4 rings (SSSR count). The molecule has 0 aliphatic carbocycles. The van der Waals surface area contributed by atoms with Crippen LogP contribution in [0.4, 0.5) is 10.5 Å². The molecule has 0 atom stereocenters. The summed E-state index contributed by atoms with van der Waals surface area (Å²) in [5.74, 6) is -1.81. The summed E-state index contributed by atoms with van der Waals surface area (Å²) in [6, 6.07) is 15.0. The molecule has 2 aromatic carbocycles. The number of esters is 1. The van der Waals surface area contributed by atoms with E-state index in [0.29, 0.717) is 23.4 Å². The molecule has 1 aliphatic rings. The largest absolute Gasteiger partial charge is 0.462 e. The molecule has 3 aromatic rings. The molecule has 2 heterocycles. The Morgan fingerprint density at radius 3 is 2.34 bits per heavy atom. The van der Waals surface area contributed by atoms with Gasteiger partial charge in [0, 0.05) is 17.1 Å². The molecule has 4 amide bonds. The monoisotopic (exact) mass is 471 g/mol. The number of hydrogen-bond acceptors (Lipinski definition) is 5. The standard InChI is InChI=1S/C27H25N3O5/c1-5-35-26(33)19-10-12-21(13-11-19)29-17(3)14-20(18(29)4)15-22-24(31)28-27(34)30(25(22)32)23-9-7-6-8-16(23)2/h6-15H,5H2,1-4H3,(H,28,31,34)/b22-15+. The van der Waals surface area contributed by atoms with Crippen LogP contribution in [-0.4, -0.2) is 35.0 Å². The third-order valence-corrected chi connectivity index (χ3v) is 5.86. The Labute approximate surface area is 202 Å². The first-order chi connectivity index (χ1) is 16.7. The van der Waals surface area contributed by atoms with Gasteiger partial charge in [-0.25, -0.2) is 14.5 Å². The molecule has 1 aromatic heterocycles. The number of aryl methyl sites for hydroxylation is 2. The van der Waals surface area contributed by atoms with E-state index in [-0.39, 0.29) is 11.5 Å². The van der Waals surface area contributed by atoms with E-state index in [1.165, 1.54) is 6.08 Å². The summed E-state index contributed by atoms with van der Waals surface area (Å²) in [6.07, 6.45) is 1.50. The van der Waals surface area contributed by atoms with Crippen LogP contribution in [0.3, 0.4) is 0 Å². The Bertz CT molecular complexity index is 1380. The van der Waals surface area contributed by atoms with Crippen LogP contribution >= 0.6 is 0 Å². The highest BCUT2D eigenvalue weighted by atomic mass is 16.5. The minimum Gasteiger partial charge on any atom is -0.462 e. The van der Waals surface area contributed by atoms with Gasteiger partial charge >= 0.3 is 12.0 Å². The predicted molar refractivity (Wildman–Crippen MR) is 131 cm³/mol. The Balaban J connectivity index is 1.71. The van der Waals surface area contributed by atoms with E-state index in [4.69, 9.17) is 4.74 Å². The minimum atomic E-state index is -0.779. The molecule has 0 saturated carbocycles. The highest BCUT2D eigenvalue weighted by molar-refractivity contribution is 6.39. The maximum absolute atomic E-state index is 13.3. The van der Waals surface area contributed by atoms with E-state index in [0.717, 1.165) is 27.5 Å². The lowest BCUT2D eigenvalue weighted by molar-refractivity contribution is -0.122. The number of amides is 4. The SMILES string of the molecule is CCOC(=O)c1ccc(-n2c(C)cc(/C=C3\C(=O)NC(=O)N(c4ccccc4C)C3=O)c2C)cc1. The van der Waals surface area contributed by atoms with Gasteiger partial charge in [-0.3, -0.25) is 14.9 Å². The molecule has 0 unspecified atom stereocenters. The Hall–Kier alpha value is -4.46. The number of nitrogens with one attached hydrogen (secondary N) is 1. The van der Waals surface area contributed by atoms with Gasteiger partial charge < -0.3 is 9.30 Å². The summed E-state index contributed by atoms with van der Waals surface area (Å²) in [6.45, 7) is 7.61. The zero-order valence-electron chi connectivity index (χ0n) is 19.9. The van der Waals surface area contributed by atoms with Crippen LogP contribution in [0.5, 0.6) is 0 Å². The smallest absolute Gasteiger partial charge is 0.338 e. The van der Waals surface area contributed by atoms with Gasteiger partial charge in [-0.15, -0.1) is 0 Å².